The number of anilines is 1. The van der Waals surface area contributed by atoms with E-state index in [1.54, 1.807) is 6.07 Å². The molecule has 1 aromatic heterocycles. The topological polar surface area (TPSA) is 28.2 Å². The number of halogens is 3. The highest BCUT2D eigenvalue weighted by Crippen LogP contribution is 2.40. The average molecular weight is 271 g/mol. The summed E-state index contributed by atoms with van der Waals surface area (Å²) in [5.74, 6) is 0. The number of pyridine rings is 1. The molecule has 1 spiro atoms. The molecule has 2 saturated heterocycles. The van der Waals surface area contributed by atoms with Gasteiger partial charge in [0, 0.05) is 36.9 Å². The molecule has 3 heterocycles. The summed E-state index contributed by atoms with van der Waals surface area (Å²) < 4.78 is 37.8. The van der Waals surface area contributed by atoms with Gasteiger partial charge in [0.2, 0.25) is 0 Å². The van der Waals surface area contributed by atoms with Crippen LogP contribution in [-0.2, 0) is 6.18 Å². The predicted octanol–water partition coefficient (Wildman–Crippen LogP) is 2.29. The van der Waals surface area contributed by atoms with Crippen LogP contribution in [-0.4, -0.2) is 31.2 Å². The minimum atomic E-state index is -4.37. The Morgan fingerprint density at radius 1 is 1.32 bits per heavy atom. The first-order valence-corrected chi connectivity index (χ1v) is 6.48. The zero-order chi connectivity index (χ0) is 13.5. The third-order valence-corrected chi connectivity index (χ3v) is 4.01. The standard InChI is InChI=1S/C13H16F3N3/c14-13(15,16)11-6-10(2-5-18-11)19-8-12(9-19)3-1-4-17-7-12/h2,5-6,17H,1,3-4,7-9H2. The molecular formula is C13H16F3N3. The van der Waals surface area contributed by atoms with Gasteiger partial charge < -0.3 is 10.2 Å². The normalized spacial score (nSPS) is 22.4. The van der Waals surface area contributed by atoms with Crippen molar-refractivity contribution in [1.29, 1.82) is 0 Å². The van der Waals surface area contributed by atoms with Crippen LogP contribution in [0.3, 0.4) is 0 Å². The molecule has 0 unspecified atom stereocenters. The van der Waals surface area contributed by atoms with Crippen LogP contribution in [0.5, 0.6) is 0 Å². The van der Waals surface area contributed by atoms with Gasteiger partial charge in [-0.05, 0) is 31.5 Å². The summed E-state index contributed by atoms with van der Waals surface area (Å²) in [6.07, 6.45) is -0.821. The molecule has 0 aromatic carbocycles. The number of alkyl halides is 3. The molecular weight excluding hydrogens is 255 g/mol. The van der Waals surface area contributed by atoms with Gasteiger partial charge in [-0.3, -0.25) is 4.98 Å². The molecule has 1 aromatic rings. The molecule has 6 heteroatoms. The quantitative estimate of drug-likeness (QED) is 0.849. The van der Waals surface area contributed by atoms with E-state index >= 15 is 0 Å². The third kappa shape index (κ3) is 2.41. The summed E-state index contributed by atoms with van der Waals surface area (Å²) in [5, 5.41) is 3.37. The summed E-state index contributed by atoms with van der Waals surface area (Å²) >= 11 is 0. The molecule has 2 aliphatic rings. The van der Waals surface area contributed by atoms with Crippen molar-refractivity contribution < 1.29 is 13.2 Å². The highest BCUT2D eigenvalue weighted by Gasteiger charge is 2.44. The van der Waals surface area contributed by atoms with E-state index in [4.69, 9.17) is 0 Å². The van der Waals surface area contributed by atoms with Crippen molar-refractivity contribution in [2.75, 3.05) is 31.1 Å². The zero-order valence-corrected chi connectivity index (χ0v) is 10.5. The highest BCUT2D eigenvalue weighted by molar-refractivity contribution is 5.50. The fourth-order valence-corrected chi connectivity index (χ4v) is 3.02. The van der Waals surface area contributed by atoms with Crippen LogP contribution in [0, 0.1) is 5.41 Å². The Morgan fingerprint density at radius 3 is 2.74 bits per heavy atom. The van der Waals surface area contributed by atoms with Crippen molar-refractivity contribution in [3.63, 3.8) is 0 Å². The van der Waals surface area contributed by atoms with Crippen LogP contribution < -0.4 is 10.2 Å². The molecule has 2 aliphatic heterocycles. The van der Waals surface area contributed by atoms with E-state index in [0.717, 1.165) is 45.1 Å². The van der Waals surface area contributed by atoms with Gasteiger partial charge in [-0.1, -0.05) is 0 Å². The van der Waals surface area contributed by atoms with Crippen LogP contribution in [0.15, 0.2) is 18.3 Å². The summed E-state index contributed by atoms with van der Waals surface area (Å²) in [6, 6.07) is 2.79. The van der Waals surface area contributed by atoms with Crippen molar-refractivity contribution in [3.05, 3.63) is 24.0 Å². The Labute approximate surface area is 109 Å². The molecule has 0 bridgehead atoms. The second-order valence-electron chi connectivity index (χ2n) is 5.53. The Hall–Kier alpha value is -1.30. The first kappa shape index (κ1) is 12.7. The largest absolute Gasteiger partial charge is 0.433 e. The predicted molar refractivity (Wildman–Crippen MR) is 66.0 cm³/mol. The van der Waals surface area contributed by atoms with E-state index in [1.165, 1.54) is 6.20 Å². The summed E-state index contributed by atoms with van der Waals surface area (Å²) in [4.78, 5) is 5.40. The Bertz CT molecular complexity index is 458. The molecule has 0 aliphatic carbocycles. The maximum Gasteiger partial charge on any atom is 0.433 e. The zero-order valence-electron chi connectivity index (χ0n) is 10.5. The van der Waals surface area contributed by atoms with Crippen molar-refractivity contribution in [2.24, 2.45) is 5.41 Å². The van der Waals surface area contributed by atoms with Gasteiger partial charge >= 0.3 is 6.18 Å². The number of hydrogen-bond acceptors (Lipinski definition) is 3. The van der Waals surface area contributed by atoms with Gasteiger partial charge in [0.05, 0.1) is 0 Å². The minimum Gasteiger partial charge on any atom is -0.370 e. The Morgan fingerprint density at radius 2 is 2.11 bits per heavy atom. The molecule has 0 amide bonds. The van der Waals surface area contributed by atoms with E-state index in [-0.39, 0.29) is 5.41 Å². The molecule has 0 radical (unpaired) electrons. The summed E-state index contributed by atoms with van der Waals surface area (Å²) in [5.41, 5.74) is 0.0751. The number of nitrogens with one attached hydrogen (secondary N) is 1. The molecule has 3 nitrogen and oxygen atoms in total. The molecule has 3 rings (SSSR count). The number of aromatic nitrogens is 1. The van der Waals surface area contributed by atoms with Gasteiger partial charge in [-0.25, -0.2) is 0 Å². The van der Waals surface area contributed by atoms with E-state index in [0.29, 0.717) is 5.69 Å². The van der Waals surface area contributed by atoms with Crippen LogP contribution >= 0.6 is 0 Å². The molecule has 0 saturated carbocycles. The average Bonchev–Trinajstić information content (AvgIpc) is 2.36. The fraction of sp³-hybridized carbons (Fsp3) is 0.615. The second kappa shape index (κ2) is 4.37. The Balaban J connectivity index is 1.71. The van der Waals surface area contributed by atoms with Crippen LogP contribution in [0.1, 0.15) is 18.5 Å². The van der Waals surface area contributed by atoms with E-state index < -0.39 is 11.9 Å². The second-order valence-corrected chi connectivity index (χ2v) is 5.53. The van der Waals surface area contributed by atoms with E-state index in [1.807, 2.05) is 4.90 Å². The summed E-state index contributed by atoms with van der Waals surface area (Å²) in [6.45, 7) is 3.69. The smallest absolute Gasteiger partial charge is 0.370 e. The molecule has 0 atom stereocenters. The monoisotopic (exact) mass is 271 g/mol. The molecule has 1 N–H and O–H groups in total. The SMILES string of the molecule is FC(F)(F)c1cc(N2CC3(CCCNC3)C2)ccn1. The number of rotatable bonds is 1. The van der Waals surface area contributed by atoms with Crippen molar-refractivity contribution in [2.45, 2.75) is 19.0 Å². The molecule has 19 heavy (non-hydrogen) atoms. The lowest BCUT2D eigenvalue weighted by atomic mass is 9.74. The lowest BCUT2D eigenvalue weighted by molar-refractivity contribution is -0.141. The first-order valence-electron chi connectivity index (χ1n) is 6.48. The minimum absolute atomic E-state index is 0.264. The number of nitrogens with zero attached hydrogens (tertiary/aromatic N) is 2. The van der Waals surface area contributed by atoms with Crippen molar-refractivity contribution in [1.82, 2.24) is 10.3 Å². The first-order chi connectivity index (χ1) is 8.99. The van der Waals surface area contributed by atoms with Gasteiger partial charge in [0.15, 0.2) is 0 Å². The van der Waals surface area contributed by atoms with Crippen molar-refractivity contribution in [3.8, 4) is 0 Å². The van der Waals surface area contributed by atoms with Gasteiger partial charge in [0.25, 0.3) is 0 Å². The molecule has 104 valence electrons. The lowest BCUT2D eigenvalue weighted by Gasteiger charge is -2.53. The van der Waals surface area contributed by atoms with Crippen LogP contribution in [0.25, 0.3) is 0 Å². The highest BCUT2D eigenvalue weighted by atomic mass is 19.4. The van der Waals surface area contributed by atoms with Gasteiger partial charge in [-0.2, -0.15) is 13.2 Å². The van der Waals surface area contributed by atoms with Crippen molar-refractivity contribution >= 4 is 5.69 Å². The molecule has 2 fully saturated rings. The third-order valence-electron chi connectivity index (χ3n) is 4.01. The van der Waals surface area contributed by atoms with Crippen LogP contribution in [0.4, 0.5) is 18.9 Å². The van der Waals surface area contributed by atoms with Crippen LogP contribution in [0.2, 0.25) is 0 Å². The van der Waals surface area contributed by atoms with E-state index in [9.17, 15) is 13.2 Å². The maximum absolute atomic E-state index is 12.6. The maximum atomic E-state index is 12.6. The van der Waals surface area contributed by atoms with Gasteiger partial charge in [0.1, 0.15) is 5.69 Å². The summed E-state index contributed by atoms with van der Waals surface area (Å²) in [7, 11) is 0. The number of hydrogen-bond donors (Lipinski definition) is 1. The lowest BCUT2D eigenvalue weighted by Crippen LogP contribution is -2.62. The van der Waals surface area contributed by atoms with Gasteiger partial charge in [-0.15, -0.1) is 0 Å². The number of piperidine rings is 1. The fourth-order valence-electron chi connectivity index (χ4n) is 3.02. The van der Waals surface area contributed by atoms with E-state index in [2.05, 4.69) is 10.3 Å². The Kier molecular flexibility index (Phi) is 2.92.